The highest BCUT2D eigenvalue weighted by Gasteiger charge is 2.06. The number of carbonyl (C=O) groups is 2. The highest BCUT2D eigenvalue weighted by atomic mass is 16.5. The summed E-state index contributed by atoms with van der Waals surface area (Å²) in [6.45, 7) is 3.82. The second kappa shape index (κ2) is 13.3. The number of carbonyl (C=O) groups excluding carboxylic acids is 2. The largest absolute Gasteiger partial charge is 0.445 e. The zero-order valence-electron chi connectivity index (χ0n) is 16.9. The van der Waals surface area contributed by atoms with Crippen molar-refractivity contribution in [1.29, 1.82) is 0 Å². The zero-order valence-corrected chi connectivity index (χ0v) is 16.9. The van der Waals surface area contributed by atoms with Crippen LogP contribution < -0.4 is 10.6 Å². The van der Waals surface area contributed by atoms with Crippen molar-refractivity contribution in [1.82, 2.24) is 10.6 Å². The van der Waals surface area contributed by atoms with Gasteiger partial charge < -0.3 is 20.1 Å². The highest BCUT2D eigenvalue weighted by molar-refractivity contribution is 5.75. The lowest BCUT2D eigenvalue weighted by atomic mass is 10.1. The quantitative estimate of drug-likeness (QED) is 0.530. The molecule has 6 heteroatoms. The third-order valence-corrected chi connectivity index (χ3v) is 4.34. The first-order valence-corrected chi connectivity index (χ1v) is 10.0. The molecule has 2 N–H and O–H groups in total. The Balaban J connectivity index is 1.44. The molecule has 29 heavy (non-hydrogen) atoms. The van der Waals surface area contributed by atoms with E-state index in [2.05, 4.69) is 10.6 Å². The first-order chi connectivity index (χ1) is 14.1. The first-order valence-electron chi connectivity index (χ1n) is 10.0. The van der Waals surface area contributed by atoms with Gasteiger partial charge in [-0.25, -0.2) is 4.79 Å². The summed E-state index contributed by atoms with van der Waals surface area (Å²) in [5.74, 6) is -0.0273. The Morgan fingerprint density at radius 1 is 0.897 bits per heavy atom. The molecular weight excluding hydrogens is 368 g/mol. The van der Waals surface area contributed by atoms with E-state index in [9.17, 15) is 9.59 Å². The van der Waals surface area contributed by atoms with E-state index in [1.807, 2.05) is 67.6 Å². The summed E-state index contributed by atoms with van der Waals surface area (Å²) in [7, 11) is 0. The molecule has 1 unspecified atom stereocenters. The Morgan fingerprint density at radius 3 is 2.28 bits per heavy atom. The molecule has 0 bridgehead atoms. The molecule has 0 heterocycles. The fourth-order valence-corrected chi connectivity index (χ4v) is 2.68. The van der Waals surface area contributed by atoms with Crippen molar-refractivity contribution in [2.45, 2.75) is 38.9 Å². The van der Waals surface area contributed by atoms with Gasteiger partial charge >= 0.3 is 6.09 Å². The van der Waals surface area contributed by atoms with Crippen LogP contribution in [-0.4, -0.2) is 31.7 Å². The van der Waals surface area contributed by atoms with Gasteiger partial charge in [0.2, 0.25) is 5.91 Å². The van der Waals surface area contributed by atoms with Gasteiger partial charge in [-0.2, -0.15) is 0 Å². The molecular formula is C23H30N2O4. The van der Waals surface area contributed by atoms with Crippen molar-refractivity contribution in [2.75, 3.05) is 19.7 Å². The Kier molecular flexibility index (Phi) is 10.3. The van der Waals surface area contributed by atoms with Crippen LogP contribution in [0.5, 0.6) is 0 Å². The number of hydrogen-bond acceptors (Lipinski definition) is 4. The lowest BCUT2D eigenvalue weighted by molar-refractivity contribution is -0.121. The number of alkyl carbamates (subject to hydrolysis) is 1. The van der Waals surface area contributed by atoms with Gasteiger partial charge in [0, 0.05) is 26.1 Å². The van der Waals surface area contributed by atoms with Crippen LogP contribution in [0.2, 0.25) is 0 Å². The molecule has 0 saturated carbocycles. The van der Waals surface area contributed by atoms with Crippen LogP contribution >= 0.6 is 0 Å². The molecule has 0 saturated heterocycles. The van der Waals surface area contributed by atoms with Gasteiger partial charge in [-0.1, -0.05) is 60.7 Å². The fraction of sp³-hybridized carbons (Fsp3) is 0.391. The fourth-order valence-electron chi connectivity index (χ4n) is 2.68. The topological polar surface area (TPSA) is 76.7 Å². The van der Waals surface area contributed by atoms with E-state index in [4.69, 9.17) is 9.47 Å². The molecule has 0 aliphatic rings. The molecule has 0 fully saturated rings. The minimum Gasteiger partial charge on any atom is -0.445 e. The van der Waals surface area contributed by atoms with Crippen molar-refractivity contribution >= 4 is 12.0 Å². The lowest BCUT2D eigenvalue weighted by Gasteiger charge is -2.13. The molecule has 0 radical (unpaired) electrons. The number of ether oxygens (including phenoxy) is 2. The Hall–Kier alpha value is -2.86. The predicted octanol–water partition coefficient (Wildman–Crippen LogP) is 3.98. The van der Waals surface area contributed by atoms with E-state index < -0.39 is 6.09 Å². The van der Waals surface area contributed by atoms with Crippen LogP contribution in [0.1, 0.15) is 43.4 Å². The van der Waals surface area contributed by atoms with Crippen molar-refractivity contribution in [3.63, 3.8) is 0 Å². The maximum atomic E-state index is 11.8. The summed E-state index contributed by atoms with van der Waals surface area (Å²) < 4.78 is 10.9. The normalized spacial score (nSPS) is 11.5. The van der Waals surface area contributed by atoms with Crippen LogP contribution in [0.3, 0.4) is 0 Å². The number of rotatable bonds is 12. The monoisotopic (exact) mass is 398 g/mol. The predicted molar refractivity (Wildman–Crippen MR) is 112 cm³/mol. The number of amides is 2. The van der Waals surface area contributed by atoms with E-state index in [-0.39, 0.29) is 18.6 Å². The van der Waals surface area contributed by atoms with E-state index in [1.165, 1.54) is 0 Å². The Labute approximate surface area is 172 Å². The lowest BCUT2D eigenvalue weighted by Crippen LogP contribution is -2.28. The van der Waals surface area contributed by atoms with E-state index in [0.29, 0.717) is 32.5 Å². The van der Waals surface area contributed by atoms with Crippen LogP contribution in [0.15, 0.2) is 60.7 Å². The standard InChI is InChI=1S/C23H30N2O4/c1-19(21-12-6-3-7-13-21)28-17-9-16-24-22(26)14-8-15-25-23(27)29-18-20-10-4-2-5-11-20/h2-7,10-13,19H,8-9,14-18H2,1H3,(H,24,26)(H,25,27). The summed E-state index contributed by atoms with van der Waals surface area (Å²) in [5, 5.41) is 5.52. The maximum absolute atomic E-state index is 11.8. The molecule has 2 amide bonds. The SMILES string of the molecule is CC(OCCCNC(=O)CCCNC(=O)OCc1ccccc1)c1ccccc1. The smallest absolute Gasteiger partial charge is 0.407 e. The average Bonchev–Trinajstić information content (AvgIpc) is 2.76. The number of benzene rings is 2. The molecule has 0 aromatic heterocycles. The van der Waals surface area contributed by atoms with Gasteiger partial charge in [0.25, 0.3) is 0 Å². The molecule has 0 aliphatic carbocycles. The van der Waals surface area contributed by atoms with Gasteiger partial charge in [0.05, 0.1) is 6.10 Å². The van der Waals surface area contributed by atoms with Crippen LogP contribution in [0.25, 0.3) is 0 Å². The molecule has 6 nitrogen and oxygen atoms in total. The molecule has 0 aliphatic heterocycles. The minimum absolute atomic E-state index is 0.0273. The van der Waals surface area contributed by atoms with Crippen LogP contribution in [0.4, 0.5) is 4.79 Å². The summed E-state index contributed by atoms with van der Waals surface area (Å²) in [6.07, 6.45) is 1.25. The average molecular weight is 399 g/mol. The van der Waals surface area contributed by atoms with Crippen LogP contribution in [0, 0.1) is 0 Å². The minimum atomic E-state index is -0.473. The second-order valence-corrected chi connectivity index (χ2v) is 6.72. The third kappa shape index (κ3) is 9.76. The Morgan fingerprint density at radius 2 is 1.55 bits per heavy atom. The zero-order chi connectivity index (χ0) is 20.7. The van der Waals surface area contributed by atoms with Crippen LogP contribution in [-0.2, 0) is 20.9 Å². The maximum Gasteiger partial charge on any atom is 0.407 e. The van der Waals surface area contributed by atoms with Crippen molar-refractivity contribution in [2.24, 2.45) is 0 Å². The summed E-state index contributed by atoms with van der Waals surface area (Å²) >= 11 is 0. The summed E-state index contributed by atoms with van der Waals surface area (Å²) in [4.78, 5) is 23.4. The highest BCUT2D eigenvalue weighted by Crippen LogP contribution is 2.15. The van der Waals surface area contributed by atoms with E-state index >= 15 is 0 Å². The molecule has 0 spiro atoms. The van der Waals surface area contributed by atoms with Gasteiger partial charge in [-0.05, 0) is 30.9 Å². The second-order valence-electron chi connectivity index (χ2n) is 6.72. The van der Waals surface area contributed by atoms with E-state index in [0.717, 1.165) is 17.5 Å². The van der Waals surface area contributed by atoms with Crippen molar-refractivity contribution in [3.05, 3.63) is 71.8 Å². The molecule has 2 rings (SSSR count). The molecule has 2 aromatic rings. The summed E-state index contributed by atoms with van der Waals surface area (Å²) in [6, 6.07) is 19.5. The van der Waals surface area contributed by atoms with Gasteiger partial charge in [-0.3, -0.25) is 4.79 Å². The van der Waals surface area contributed by atoms with Gasteiger partial charge in [0.1, 0.15) is 6.61 Å². The number of nitrogens with one attached hydrogen (secondary N) is 2. The first kappa shape index (κ1) is 22.4. The van der Waals surface area contributed by atoms with Crippen molar-refractivity contribution < 1.29 is 19.1 Å². The molecule has 156 valence electrons. The van der Waals surface area contributed by atoms with E-state index in [1.54, 1.807) is 0 Å². The molecule has 2 aromatic carbocycles. The van der Waals surface area contributed by atoms with Gasteiger partial charge in [0.15, 0.2) is 0 Å². The number of hydrogen-bond donors (Lipinski definition) is 2. The van der Waals surface area contributed by atoms with Gasteiger partial charge in [-0.15, -0.1) is 0 Å². The Bertz CT molecular complexity index is 722. The summed E-state index contributed by atoms with van der Waals surface area (Å²) in [5.41, 5.74) is 2.08. The third-order valence-electron chi connectivity index (χ3n) is 4.34. The van der Waals surface area contributed by atoms with Crippen molar-refractivity contribution in [3.8, 4) is 0 Å². The molecule has 1 atom stereocenters.